The molecule has 0 radical (unpaired) electrons. The molecule has 1 aromatic carbocycles. The fraction of sp³-hybridized carbons (Fsp3) is 0.579. The maximum absolute atomic E-state index is 12.9. The second kappa shape index (κ2) is 8.25. The fourth-order valence-corrected chi connectivity index (χ4v) is 3.38. The van der Waals surface area contributed by atoms with Crippen LogP contribution >= 0.6 is 0 Å². The molecule has 1 N–H and O–H groups in total. The molecule has 0 bridgehead atoms. The van der Waals surface area contributed by atoms with E-state index in [2.05, 4.69) is 11.7 Å². The molecule has 126 valence electrons. The highest BCUT2D eigenvalue weighted by Crippen LogP contribution is 2.41. The largest absolute Gasteiger partial charge is 0.460 e. The van der Waals surface area contributed by atoms with Gasteiger partial charge in [0, 0.05) is 18.9 Å². The summed E-state index contributed by atoms with van der Waals surface area (Å²) in [6.07, 6.45) is 4.91. The van der Waals surface area contributed by atoms with Gasteiger partial charge in [0.2, 0.25) is 0 Å². The van der Waals surface area contributed by atoms with E-state index in [0.717, 1.165) is 25.7 Å². The molecule has 23 heavy (non-hydrogen) atoms. The van der Waals surface area contributed by atoms with Crippen LogP contribution in [0.15, 0.2) is 35.3 Å². The van der Waals surface area contributed by atoms with Crippen LogP contribution in [0.4, 0.5) is 0 Å². The molecule has 1 aliphatic carbocycles. The molecule has 0 saturated heterocycles. The highest BCUT2D eigenvalue weighted by Gasteiger charge is 2.48. The molecule has 1 aliphatic rings. The van der Waals surface area contributed by atoms with Crippen LogP contribution in [0.25, 0.3) is 0 Å². The summed E-state index contributed by atoms with van der Waals surface area (Å²) in [6, 6.07) is 9.20. The highest BCUT2D eigenvalue weighted by molar-refractivity contribution is 5.81. The van der Waals surface area contributed by atoms with Crippen LogP contribution in [-0.2, 0) is 15.1 Å². The van der Waals surface area contributed by atoms with Crippen molar-refractivity contribution >= 4 is 12.7 Å². The van der Waals surface area contributed by atoms with Gasteiger partial charge in [0.25, 0.3) is 0 Å². The van der Waals surface area contributed by atoms with Gasteiger partial charge >= 0.3 is 5.97 Å². The van der Waals surface area contributed by atoms with Gasteiger partial charge in [0.15, 0.2) is 5.60 Å². The monoisotopic (exact) mass is 317 g/mol. The third-order valence-electron chi connectivity index (χ3n) is 4.81. The maximum atomic E-state index is 12.9. The number of hydrogen-bond donors (Lipinski definition) is 1. The molecule has 2 unspecified atom stereocenters. The van der Waals surface area contributed by atoms with Gasteiger partial charge in [-0.2, -0.15) is 0 Å². The summed E-state index contributed by atoms with van der Waals surface area (Å²) < 4.78 is 5.66. The topological polar surface area (TPSA) is 58.9 Å². The molecule has 0 aliphatic heterocycles. The van der Waals surface area contributed by atoms with Crippen molar-refractivity contribution in [3.05, 3.63) is 35.9 Å². The van der Waals surface area contributed by atoms with Crippen molar-refractivity contribution in [3.8, 4) is 0 Å². The Kier molecular flexibility index (Phi) is 6.34. The van der Waals surface area contributed by atoms with Gasteiger partial charge in [-0.3, -0.25) is 0 Å². The summed E-state index contributed by atoms with van der Waals surface area (Å²) in [5, 5.41) is 11.3. The summed E-state index contributed by atoms with van der Waals surface area (Å²) in [5.74, 6) is -0.598. The Morgan fingerprint density at radius 3 is 2.61 bits per heavy atom. The first-order chi connectivity index (χ1) is 11.1. The highest BCUT2D eigenvalue weighted by atomic mass is 16.6. The van der Waals surface area contributed by atoms with Gasteiger partial charge in [0.05, 0.1) is 0 Å². The quantitative estimate of drug-likeness (QED) is 0.590. The third-order valence-corrected chi connectivity index (χ3v) is 4.81. The summed E-state index contributed by atoms with van der Waals surface area (Å²) in [7, 11) is 0. The normalized spacial score (nSPS) is 19.0. The molecule has 1 fully saturated rings. The lowest BCUT2D eigenvalue weighted by Crippen LogP contribution is -2.44. The van der Waals surface area contributed by atoms with Crippen LogP contribution in [0, 0.1) is 5.92 Å². The Bertz CT molecular complexity index is 511. The molecule has 0 amide bonds. The van der Waals surface area contributed by atoms with Gasteiger partial charge in [0.1, 0.15) is 6.10 Å². The van der Waals surface area contributed by atoms with E-state index in [0.29, 0.717) is 24.9 Å². The van der Waals surface area contributed by atoms with Gasteiger partial charge in [-0.05, 0) is 31.5 Å². The fourth-order valence-electron chi connectivity index (χ4n) is 3.38. The number of carbonyl (C=O) groups is 1. The lowest BCUT2D eigenvalue weighted by molar-refractivity contribution is -0.179. The minimum absolute atomic E-state index is 0.0764. The molecule has 0 spiro atoms. The van der Waals surface area contributed by atoms with Crippen LogP contribution in [0.2, 0.25) is 0 Å². The van der Waals surface area contributed by atoms with E-state index in [4.69, 9.17) is 4.74 Å². The first-order valence-corrected chi connectivity index (χ1v) is 8.54. The molecule has 4 heteroatoms. The predicted octanol–water partition coefficient (Wildman–Crippen LogP) is 3.48. The number of hydrogen-bond acceptors (Lipinski definition) is 4. The van der Waals surface area contributed by atoms with Crippen molar-refractivity contribution in [3.63, 3.8) is 0 Å². The number of nitrogens with zero attached hydrogens (tertiary/aromatic N) is 1. The SMILES string of the molecule is C=NCCC(CC)OC(=O)C(O)(c1ccccc1)C1CCCC1. The van der Waals surface area contributed by atoms with Gasteiger partial charge in [-0.15, -0.1) is 0 Å². The molecule has 2 rings (SSSR count). The van der Waals surface area contributed by atoms with Crippen molar-refractivity contribution < 1.29 is 14.6 Å². The van der Waals surface area contributed by atoms with E-state index in [-0.39, 0.29) is 12.0 Å². The standard InChI is InChI=1S/C19H27NO3/c1-3-17(13-14-20-2)23-18(21)19(22,16-11-7-8-12-16)15-9-5-4-6-10-15/h4-6,9-10,16-17,22H,2-3,7-8,11-14H2,1H3. The number of carbonyl (C=O) groups excluding carboxylic acids is 1. The third kappa shape index (κ3) is 3.99. The number of rotatable bonds is 8. The van der Waals surface area contributed by atoms with E-state index in [1.807, 2.05) is 37.3 Å². The molecule has 1 saturated carbocycles. The van der Waals surface area contributed by atoms with E-state index in [9.17, 15) is 9.90 Å². The Morgan fingerprint density at radius 2 is 2.04 bits per heavy atom. The smallest absolute Gasteiger partial charge is 0.343 e. The van der Waals surface area contributed by atoms with Gasteiger partial charge in [-0.25, -0.2) is 4.79 Å². The number of aliphatic imine (C=N–C) groups is 1. The maximum Gasteiger partial charge on any atom is 0.343 e. The van der Waals surface area contributed by atoms with Gasteiger partial charge in [-0.1, -0.05) is 50.1 Å². The zero-order chi connectivity index (χ0) is 16.7. The minimum atomic E-state index is -1.55. The van der Waals surface area contributed by atoms with Crippen LogP contribution < -0.4 is 0 Å². The first-order valence-electron chi connectivity index (χ1n) is 8.54. The van der Waals surface area contributed by atoms with Crippen molar-refractivity contribution in [2.45, 2.75) is 57.2 Å². The molecule has 4 nitrogen and oxygen atoms in total. The summed E-state index contributed by atoms with van der Waals surface area (Å²) >= 11 is 0. The second-order valence-corrected chi connectivity index (χ2v) is 6.29. The van der Waals surface area contributed by atoms with Gasteiger partial charge < -0.3 is 14.8 Å². The number of aliphatic hydroxyl groups is 1. The lowest BCUT2D eigenvalue weighted by atomic mass is 9.80. The Morgan fingerprint density at radius 1 is 1.39 bits per heavy atom. The molecule has 0 aromatic heterocycles. The van der Waals surface area contributed by atoms with Crippen molar-refractivity contribution in [1.29, 1.82) is 0 Å². The number of esters is 1. The van der Waals surface area contributed by atoms with E-state index < -0.39 is 11.6 Å². The average Bonchev–Trinajstić information content (AvgIpc) is 3.13. The molecule has 0 heterocycles. The van der Waals surface area contributed by atoms with E-state index >= 15 is 0 Å². The van der Waals surface area contributed by atoms with Crippen molar-refractivity contribution in [2.24, 2.45) is 10.9 Å². The molecule has 2 atom stereocenters. The van der Waals surface area contributed by atoms with E-state index in [1.165, 1.54) is 0 Å². The second-order valence-electron chi connectivity index (χ2n) is 6.29. The van der Waals surface area contributed by atoms with Crippen LogP contribution in [0.5, 0.6) is 0 Å². The van der Waals surface area contributed by atoms with Crippen LogP contribution in [0.1, 0.15) is 51.0 Å². The Hall–Kier alpha value is -1.68. The Labute approximate surface area is 138 Å². The lowest BCUT2D eigenvalue weighted by Gasteiger charge is -2.33. The summed E-state index contributed by atoms with van der Waals surface area (Å²) in [4.78, 5) is 16.7. The van der Waals surface area contributed by atoms with Crippen LogP contribution in [-0.4, -0.2) is 30.4 Å². The number of ether oxygens (including phenoxy) is 1. The molecular weight excluding hydrogens is 290 g/mol. The van der Waals surface area contributed by atoms with Crippen molar-refractivity contribution in [2.75, 3.05) is 6.54 Å². The zero-order valence-corrected chi connectivity index (χ0v) is 13.9. The zero-order valence-electron chi connectivity index (χ0n) is 13.9. The summed E-state index contributed by atoms with van der Waals surface area (Å²) in [6.45, 7) is 5.99. The predicted molar refractivity (Wildman–Crippen MR) is 91.5 cm³/mol. The van der Waals surface area contributed by atoms with Crippen molar-refractivity contribution in [1.82, 2.24) is 0 Å². The molecular formula is C19H27NO3. The Balaban J connectivity index is 2.22. The average molecular weight is 317 g/mol. The van der Waals surface area contributed by atoms with E-state index in [1.54, 1.807) is 0 Å². The summed E-state index contributed by atoms with van der Waals surface area (Å²) in [5.41, 5.74) is -0.916. The molecule has 1 aromatic rings. The minimum Gasteiger partial charge on any atom is -0.460 e. The number of benzene rings is 1. The first kappa shape index (κ1) is 17.7. The van der Waals surface area contributed by atoms with Crippen LogP contribution in [0.3, 0.4) is 0 Å².